The molecule has 0 bridgehead atoms. The third-order valence-electron chi connectivity index (χ3n) is 4.49. The summed E-state index contributed by atoms with van der Waals surface area (Å²) in [6, 6.07) is 16.8. The number of aromatic nitrogens is 2. The number of rotatable bonds is 3. The number of aryl methyl sites for hydroxylation is 1. The Hall–Kier alpha value is -2.70. The number of fused-ring (bicyclic) bond motifs is 1. The number of hydrogen-bond acceptors (Lipinski definition) is 4. The lowest BCUT2D eigenvalue weighted by molar-refractivity contribution is 0.0994. The van der Waals surface area contributed by atoms with E-state index in [0.29, 0.717) is 38.8 Å². The van der Waals surface area contributed by atoms with Crippen molar-refractivity contribution >= 4 is 50.2 Å². The van der Waals surface area contributed by atoms with Crippen LogP contribution in [-0.4, -0.2) is 23.1 Å². The molecule has 0 saturated heterocycles. The van der Waals surface area contributed by atoms with Gasteiger partial charge in [0, 0.05) is 17.1 Å². The fourth-order valence-electron chi connectivity index (χ4n) is 3.06. The second kappa shape index (κ2) is 7.37. The zero-order valence-corrected chi connectivity index (χ0v) is 17.5. The van der Waals surface area contributed by atoms with Gasteiger partial charge < -0.3 is 9.42 Å². The molecule has 0 aliphatic carbocycles. The maximum absolute atomic E-state index is 13.4. The molecular weight excluding hydrogens is 442 g/mol. The first-order valence-corrected chi connectivity index (χ1v) is 9.68. The summed E-state index contributed by atoms with van der Waals surface area (Å²) in [5.41, 5.74) is 3.54. The molecule has 0 spiro atoms. The number of carbonyl (C=O) groups excluding carboxylic acids is 1. The molecule has 0 N–H and O–H groups in total. The van der Waals surface area contributed by atoms with Crippen molar-refractivity contribution in [3.8, 4) is 11.3 Å². The zero-order valence-electron chi connectivity index (χ0n) is 15.1. The number of amides is 1. The molecular formula is C21H15BrClN3O2. The van der Waals surface area contributed by atoms with Gasteiger partial charge >= 0.3 is 0 Å². The van der Waals surface area contributed by atoms with Crippen LogP contribution in [0.15, 0.2) is 63.6 Å². The Labute approximate surface area is 175 Å². The predicted molar refractivity (Wildman–Crippen MR) is 114 cm³/mol. The van der Waals surface area contributed by atoms with E-state index in [1.54, 1.807) is 32.2 Å². The summed E-state index contributed by atoms with van der Waals surface area (Å²) < 4.78 is 6.20. The van der Waals surface area contributed by atoms with Crippen molar-refractivity contribution < 1.29 is 9.32 Å². The van der Waals surface area contributed by atoms with Gasteiger partial charge in [0.2, 0.25) is 0 Å². The monoisotopic (exact) mass is 455 g/mol. The molecule has 0 radical (unpaired) electrons. The molecule has 0 atom stereocenters. The summed E-state index contributed by atoms with van der Waals surface area (Å²) in [5.74, 6) is -0.222. The third-order valence-corrected chi connectivity index (χ3v) is 5.29. The minimum atomic E-state index is -0.222. The highest BCUT2D eigenvalue weighted by atomic mass is 79.9. The van der Waals surface area contributed by atoms with Gasteiger partial charge in [-0.25, -0.2) is 4.98 Å². The van der Waals surface area contributed by atoms with Crippen molar-refractivity contribution in [1.82, 2.24) is 10.1 Å². The van der Waals surface area contributed by atoms with Crippen molar-refractivity contribution in [3.63, 3.8) is 0 Å². The van der Waals surface area contributed by atoms with E-state index in [1.165, 1.54) is 4.90 Å². The van der Waals surface area contributed by atoms with E-state index in [9.17, 15) is 4.79 Å². The largest absolute Gasteiger partial charge is 0.335 e. The van der Waals surface area contributed by atoms with Crippen LogP contribution in [0.4, 0.5) is 5.69 Å². The van der Waals surface area contributed by atoms with Gasteiger partial charge in [0.1, 0.15) is 0 Å². The summed E-state index contributed by atoms with van der Waals surface area (Å²) >= 11 is 9.73. The highest BCUT2D eigenvalue weighted by Crippen LogP contribution is 2.32. The van der Waals surface area contributed by atoms with Crippen LogP contribution in [0.25, 0.3) is 22.4 Å². The highest BCUT2D eigenvalue weighted by molar-refractivity contribution is 9.10. The summed E-state index contributed by atoms with van der Waals surface area (Å²) in [4.78, 5) is 19.4. The third kappa shape index (κ3) is 3.30. The quantitative estimate of drug-likeness (QED) is 0.386. The molecule has 140 valence electrons. The van der Waals surface area contributed by atoms with Crippen molar-refractivity contribution in [2.75, 3.05) is 11.9 Å². The average molecular weight is 457 g/mol. The van der Waals surface area contributed by atoms with Crippen LogP contribution in [0.3, 0.4) is 0 Å². The van der Waals surface area contributed by atoms with E-state index >= 15 is 0 Å². The topological polar surface area (TPSA) is 59.2 Å². The highest BCUT2D eigenvalue weighted by Gasteiger charge is 2.23. The lowest BCUT2D eigenvalue weighted by atomic mass is 10.0. The standard InChI is InChI=1S/C21H15BrClN3O2/c1-12-19-15(21(27)26(2)18-9-8-14(22)10-16(18)23)11-17(24-20(19)28-25-12)13-6-4-3-5-7-13/h3-11H,1-2H3. The molecule has 2 aromatic heterocycles. The van der Waals surface area contributed by atoms with Gasteiger partial charge in [0.15, 0.2) is 0 Å². The van der Waals surface area contributed by atoms with Crippen LogP contribution >= 0.6 is 27.5 Å². The number of benzene rings is 2. The van der Waals surface area contributed by atoms with E-state index in [-0.39, 0.29) is 5.91 Å². The second-order valence-corrected chi connectivity index (χ2v) is 7.65. The van der Waals surface area contributed by atoms with Gasteiger partial charge in [0.05, 0.1) is 33.0 Å². The van der Waals surface area contributed by atoms with Gasteiger partial charge in [-0.1, -0.05) is 63.0 Å². The number of hydrogen-bond donors (Lipinski definition) is 0. The maximum Gasteiger partial charge on any atom is 0.259 e. The van der Waals surface area contributed by atoms with Crippen LogP contribution < -0.4 is 4.90 Å². The van der Waals surface area contributed by atoms with Crippen LogP contribution in [0.5, 0.6) is 0 Å². The molecule has 0 saturated carbocycles. The Morgan fingerprint density at radius 1 is 1.14 bits per heavy atom. The molecule has 4 rings (SSSR count). The zero-order chi connectivity index (χ0) is 19.8. The number of nitrogens with zero attached hydrogens (tertiary/aromatic N) is 3. The molecule has 7 heteroatoms. The van der Waals surface area contributed by atoms with Gasteiger partial charge in [-0.3, -0.25) is 4.79 Å². The van der Waals surface area contributed by atoms with E-state index in [4.69, 9.17) is 16.1 Å². The van der Waals surface area contributed by atoms with Gasteiger partial charge in [-0.05, 0) is 31.2 Å². The predicted octanol–water partition coefficient (Wildman–Crippen LogP) is 5.89. The minimum Gasteiger partial charge on any atom is -0.335 e. The molecule has 1 amide bonds. The second-order valence-electron chi connectivity index (χ2n) is 6.33. The fourth-order valence-corrected chi connectivity index (χ4v) is 3.86. The molecule has 4 aromatic rings. The number of anilines is 1. The van der Waals surface area contributed by atoms with E-state index in [1.807, 2.05) is 36.4 Å². The molecule has 5 nitrogen and oxygen atoms in total. The normalized spacial score (nSPS) is 11.0. The van der Waals surface area contributed by atoms with Crippen molar-refractivity contribution in [2.24, 2.45) is 0 Å². The first-order chi connectivity index (χ1) is 13.5. The SMILES string of the molecule is Cc1noc2nc(-c3ccccc3)cc(C(=O)N(C)c3ccc(Br)cc3Cl)c12. The molecule has 0 aliphatic rings. The average Bonchev–Trinajstić information content (AvgIpc) is 3.08. The summed E-state index contributed by atoms with van der Waals surface area (Å²) in [5, 5.41) is 5.07. The van der Waals surface area contributed by atoms with Gasteiger partial charge in [-0.2, -0.15) is 0 Å². The summed E-state index contributed by atoms with van der Waals surface area (Å²) in [7, 11) is 1.69. The van der Waals surface area contributed by atoms with Crippen LogP contribution in [0, 0.1) is 6.92 Å². The van der Waals surface area contributed by atoms with Crippen LogP contribution in [0.2, 0.25) is 5.02 Å². The van der Waals surface area contributed by atoms with Gasteiger partial charge in [-0.15, -0.1) is 0 Å². The molecule has 2 heterocycles. The van der Waals surface area contributed by atoms with Crippen LogP contribution in [-0.2, 0) is 0 Å². The lowest BCUT2D eigenvalue weighted by Crippen LogP contribution is -2.27. The molecule has 28 heavy (non-hydrogen) atoms. The van der Waals surface area contributed by atoms with E-state index < -0.39 is 0 Å². The minimum absolute atomic E-state index is 0.222. The lowest BCUT2D eigenvalue weighted by Gasteiger charge is -2.19. The first kappa shape index (κ1) is 18.7. The molecule has 2 aromatic carbocycles. The van der Waals surface area contributed by atoms with Gasteiger partial charge in [0.25, 0.3) is 11.6 Å². The number of halogens is 2. The van der Waals surface area contributed by atoms with E-state index in [2.05, 4.69) is 26.1 Å². The van der Waals surface area contributed by atoms with Crippen molar-refractivity contribution in [2.45, 2.75) is 6.92 Å². The Bertz CT molecular complexity index is 1190. The molecule has 0 unspecified atom stereocenters. The van der Waals surface area contributed by atoms with Crippen molar-refractivity contribution in [1.29, 1.82) is 0 Å². The van der Waals surface area contributed by atoms with Crippen molar-refractivity contribution in [3.05, 3.63) is 75.4 Å². The Balaban J connectivity index is 1.86. The summed E-state index contributed by atoms with van der Waals surface area (Å²) in [6.07, 6.45) is 0. The van der Waals surface area contributed by atoms with Crippen LogP contribution in [0.1, 0.15) is 16.1 Å². The maximum atomic E-state index is 13.4. The first-order valence-electron chi connectivity index (χ1n) is 8.51. The number of carbonyl (C=O) groups is 1. The number of pyridine rings is 1. The smallest absolute Gasteiger partial charge is 0.259 e. The van der Waals surface area contributed by atoms with E-state index in [0.717, 1.165) is 10.0 Å². The Morgan fingerprint density at radius 3 is 2.61 bits per heavy atom. The fraction of sp³-hybridized carbons (Fsp3) is 0.0952. The molecule has 0 fully saturated rings. The summed E-state index contributed by atoms with van der Waals surface area (Å²) in [6.45, 7) is 1.79. The Kier molecular flexibility index (Phi) is 4.91. The Morgan fingerprint density at radius 2 is 1.89 bits per heavy atom. The molecule has 0 aliphatic heterocycles.